The number of nitrogens with one attached hydrogen (secondary N) is 1. The first-order valence-electron chi connectivity index (χ1n) is 8.48. The van der Waals surface area contributed by atoms with Gasteiger partial charge in [0.1, 0.15) is 0 Å². The third kappa shape index (κ3) is 3.39. The van der Waals surface area contributed by atoms with Crippen LogP contribution in [-0.4, -0.2) is 25.2 Å². The summed E-state index contributed by atoms with van der Waals surface area (Å²) in [6.45, 7) is 0.944. The van der Waals surface area contributed by atoms with Crippen LogP contribution in [0.1, 0.15) is 18.4 Å². The number of anilines is 2. The maximum absolute atomic E-state index is 12.2. The van der Waals surface area contributed by atoms with Crippen molar-refractivity contribution in [2.24, 2.45) is 0 Å². The summed E-state index contributed by atoms with van der Waals surface area (Å²) in [5.41, 5.74) is 2.31. The maximum atomic E-state index is 12.2. The average molecular weight is 350 g/mol. The highest BCUT2D eigenvalue weighted by Crippen LogP contribution is 2.32. The number of ether oxygens (including phenoxy) is 2. The molecule has 0 spiro atoms. The van der Waals surface area contributed by atoms with E-state index < -0.39 is 0 Å². The number of amides is 2. The van der Waals surface area contributed by atoms with Crippen LogP contribution in [0.15, 0.2) is 48.5 Å². The fraction of sp³-hybridized carbons (Fsp3) is 0.200. The normalized spacial score (nSPS) is 15.7. The predicted octanol–water partition coefficient (Wildman–Crippen LogP) is 3.19. The minimum absolute atomic E-state index is 0.121. The monoisotopic (exact) mass is 350 g/mol. The number of fused-ring (bicyclic) bond motifs is 1. The Morgan fingerprint density at radius 3 is 2.85 bits per heavy atom. The smallest absolute Gasteiger partial charge is 0.248 e. The zero-order valence-electron chi connectivity index (χ0n) is 14.1. The Bertz CT molecular complexity index is 891. The number of carbonyl (C=O) groups is 2. The van der Waals surface area contributed by atoms with Crippen LogP contribution in [0, 0.1) is 0 Å². The van der Waals surface area contributed by atoms with E-state index in [1.54, 1.807) is 17.0 Å². The summed E-state index contributed by atoms with van der Waals surface area (Å²) in [4.78, 5) is 25.8. The lowest BCUT2D eigenvalue weighted by molar-refractivity contribution is -0.117. The summed E-state index contributed by atoms with van der Waals surface area (Å²) >= 11 is 0. The lowest BCUT2D eigenvalue weighted by Crippen LogP contribution is -2.23. The topological polar surface area (TPSA) is 67.9 Å². The summed E-state index contributed by atoms with van der Waals surface area (Å²) in [6.07, 6.45) is 4.62. The minimum Gasteiger partial charge on any atom is -0.454 e. The van der Waals surface area contributed by atoms with Crippen molar-refractivity contribution in [3.05, 3.63) is 54.1 Å². The van der Waals surface area contributed by atoms with E-state index in [1.807, 2.05) is 36.4 Å². The van der Waals surface area contributed by atoms with Crippen LogP contribution in [0.5, 0.6) is 11.5 Å². The Kier molecular flexibility index (Phi) is 4.31. The third-order valence-electron chi connectivity index (χ3n) is 4.32. The van der Waals surface area contributed by atoms with Gasteiger partial charge in [0.2, 0.25) is 18.6 Å². The molecule has 1 fully saturated rings. The van der Waals surface area contributed by atoms with E-state index in [9.17, 15) is 9.59 Å². The van der Waals surface area contributed by atoms with Crippen LogP contribution < -0.4 is 19.7 Å². The number of carbonyl (C=O) groups excluding carboxylic acids is 2. The van der Waals surface area contributed by atoms with E-state index in [1.165, 1.54) is 6.08 Å². The molecule has 2 heterocycles. The number of hydrogen-bond acceptors (Lipinski definition) is 4. The Balaban J connectivity index is 1.42. The first kappa shape index (κ1) is 16.2. The molecule has 2 aliphatic rings. The zero-order chi connectivity index (χ0) is 17.9. The Morgan fingerprint density at radius 1 is 1.12 bits per heavy atom. The molecule has 6 heteroatoms. The van der Waals surface area contributed by atoms with Gasteiger partial charge >= 0.3 is 0 Å². The minimum atomic E-state index is -0.243. The molecule has 132 valence electrons. The summed E-state index contributed by atoms with van der Waals surface area (Å²) in [7, 11) is 0. The molecule has 0 aliphatic carbocycles. The number of hydrogen-bond donors (Lipinski definition) is 1. The second kappa shape index (κ2) is 6.92. The van der Waals surface area contributed by atoms with E-state index in [0.29, 0.717) is 23.6 Å². The third-order valence-corrected chi connectivity index (χ3v) is 4.32. The van der Waals surface area contributed by atoms with Gasteiger partial charge in [-0.05, 0) is 48.4 Å². The molecule has 1 N–H and O–H groups in total. The van der Waals surface area contributed by atoms with Gasteiger partial charge in [0.25, 0.3) is 0 Å². The number of nitrogens with zero attached hydrogens (tertiary/aromatic N) is 1. The molecule has 6 nitrogen and oxygen atoms in total. The van der Waals surface area contributed by atoms with Crippen LogP contribution in [0.25, 0.3) is 6.08 Å². The van der Waals surface area contributed by atoms with E-state index in [0.717, 1.165) is 24.2 Å². The van der Waals surface area contributed by atoms with Gasteiger partial charge in [0.05, 0.1) is 0 Å². The fourth-order valence-electron chi connectivity index (χ4n) is 3.05. The molecule has 26 heavy (non-hydrogen) atoms. The van der Waals surface area contributed by atoms with Crippen molar-refractivity contribution in [2.75, 3.05) is 23.6 Å². The Labute approximate surface area is 151 Å². The molecule has 0 saturated carbocycles. The summed E-state index contributed by atoms with van der Waals surface area (Å²) in [5.74, 6) is 1.26. The zero-order valence-corrected chi connectivity index (χ0v) is 14.1. The largest absolute Gasteiger partial charge is 0.454 e. The molecule has 4 rings (SSSR count). The second-order valence-electron chi connectivity index (χ2n) is 6.13. The summed E-state index contributed by atoms with van der Waals surface area (Å²) < 4.78 is 10.6. The van der Waals surface area contributed by atoms with Gasteiger partial charge in [-0.15, -0.1) is 0 Å². The van der Waals surface area contributed by atoms with Crippen LogP contribution >= 0.6 is 0 Å². The molecule has 0 unspecified atom stereocenters. The highest BCUT2D eigenvalue weighted by molar-refractivity contribution is 6.02. The van der Waals surface area contributed by atoms with Crippen LogP contribution in [0.2, 0.25) is 0 Å². The highest BCUT2D eigenvalue weighted by Gasteiger charge is 2.21. The molecule has 0 atom stereocenters. The Hall–Kier alpha value is -3.28. The second-order valence-corrected chi connectivity index (χ2v) is 6.13. The van der Waals surface area contributed by atoms with Gasteiger partial charge in [-0.3, -0.25) is 9.59 Å². The number of rotatable bonds is 4. The van der Waals surface area contributed by atoms with Gasteiger partial charge in [-0.25, -0.2) is 0 Å². The summed E-state index contributed by atoms with van der Waals surface area (Å²) in [6, 6.07) is 12.8. The van der Waals surface area contributed by atoms with Gasteiger partial charge < -0.3 is 19.7 Å². The van der Waals surface area contributed by atoms with Crippen LogP contribution in [-0.2, 0) is 9.59 Å². The quantitative estimate of drug-likeness (QED) is 0.860. The van der Waals surface area contributed by atoms with Gasteiger partial charge in [-0.1, -0.05) is 12.1 Å². The molecule has 1 saturated heterocycles. The van der Waals surface area contributed by atoms with Crippen LogP contribution in [0.3, 0.4) is 0 Å². The first-order chi connectivity index (χ1) is 12.7. The van der Waals surface area contributed by atoms with Crippen molar-refractivity contribution in [1.29, 1.82) is 0 Å². The van der Waals surface area contributed by atoms with Gasteiger partial charge in [0, 0.05) is 30.4 Å². The van der Waals surface area contributed by atoms with Crippen molar-refractivity contribution in [3.8, 4) is 11.5 Å². The van der Waals surface area contributed by atoms with Crippen molar-refractivity contribution >= 4 is 29.3 Å². The average Bonchev–Trinajstić information content (AvgIpc) is 3.28. The van der Waals surface area contributed by atoms with Gasteiger partial charge in [-0.2, -0.15) is 0 Å². The van der Waals surface area contributed by atoms with E-state index in [-0.39, 0.29) is 18.6 Å². The molecule has 0 aromatic heterocycles. The van der Waals surface area contributed by atoms with Gasteiger partial charge in [0.15, 0.2) is 11.5 Å². The molecule has 2 aliphatic heterocycles. The molecule has 2 aromatic carbocycles. The first-order valence-corrected chi connectivity index (χ1v) is 8.48. The fourth-order valence-corrected chi connectivity index (χ4v) is 3.05. The predicted molar refractivity (Wildman–Crippen MR) is 98.3 cm³/mol. The van der Waals surface area contributed by atoms with Crippen molar-refractivity contribution < 1.29 is 19.1 Å². The highest BCUT2D eigenvalue weighted by atomic mass is 16.7. The lowest BCUT2D eigenvalue weighted by Gasteiger charge is -2.16. The van der Waals surface area contributed by atoms with Crippen molar-refractivity contribution in [3.63, 3.8) is 0 Å². The van der Waals surface area contributed by atoms with E-state index >= 15 is 0 Å². The standard InChI is InChI=1S/C20H18N2O4/c23-19(9-7-14-6-8-17-18(11-14)26-13-25-17)21-15-3-1-4-16(12-15)22-10-2-5-20(22)24/h1,3-4,6-9,11-12H,2,5,10,13H2,(H,21,23)/b9-7+. The SMILES string of the molecule is O=C(/C=C/c1ccc2c(c1)OCO2)Nc1cccc(N2CCCC2=O)c1. The molecule has 2 aromatic rings. The molecular formula is C20H18N2O4. The van der Waals surface area contributed by atoms with E-state index in [4.69, 9.17) is 9.47 Å². The van der Waals surface area contributed by atoms with Crippen LogP contribution in [0.4, 0.5) is 11.4 Å². The molecule has 0 radical (unpaired) electrons. The van der Waals surface area contributed by atoms with Crippen molar-refractivity contribution in [2.45, 2.75) is 12.8 Å². The lowest BCUT2D eigenvalue weighted by atomic mass is 10.2. The molecular weight excluding hydrogens is 332 g/mol. The Morgan fingerprint density at radius 2 is 2.00 bits per heavy atom. The molecule has 0 bridgehead atoms. The molecule has 2 amide bonds. The summed E-state index contributed by atoms with van der Waals surface area (Å²) in [5, 5.41) is 2.82. The van der Waals surface area contributed by atoms with Crippen molar-refractivity contribution in [1.82, 2.24) is 0 Å². The maximum Gasteiger partial charge on any atom is 0.248 e. The number of benzene rings is 2. The van der Waals surface area contributed by atoms with E-state index in [2.05, 4.69) is 5.32 Å².